The van der Waals surface area contributed by atoms with Gasteiger partial charge in [-0.05, 0) is 19.1 Å². The first kappa shape index (κ1) is 18.4. The van der Waals surface area contributed by atoms with Crippen LogP contribution in [0.25, 0.3) is 0 Å². The molecule has 0 bridgehead atoms. The third-order valence-corrected chi connectivity index (χ3v) is 4.75. The average molecular weight is 339 g/mol. The first-order valence-electron chi connectivity index (χ1n) is 6.46. The highest BCUT2D eigenvalue weighted by molar-refractivity contribution is 7.89. The Morgan fingerprint density at radius 2 is 1.82 bits per heavy atom. The van der Waals surface area contributed by atoms with E-state index in [1.54, 1.807) is 6.92 Å². The Morgan fingerprint density at radius 3 is 2.32 bits per heavy atom. The number of carbonyl (C=O) groups excluding carboxylic acids is 1. The molecule has 0 saturated carbocycles. The van der Waals surface area contributed by atoms with Crippen LogP contribution in [0.3, 0.4) is 0 Å². The van der Waals surface area contributed by atoms with E-state index in [9.17, 15) is 26.4 Å². The summed E-state index contributed by atoms with van der Waals surface area (Å²) in [7, 11) is -4.47. The maximum Gasteiger partial charge on any atom is 0.417 e. The second kappa shape index (κ2) is 7.10. The number of halogens is 3. The number of alkyl halides is 3. The minimum atomic E-state index is -4.81. The molecular formula is C13H16F3NO4S. The number of ether oxygens (including phenoxy) is 1. The summed E-state index contributed by atoms with van der Waals surface area (Å²) in [5, 5.41) is 0. The van der Waals surface area contributed by atoms with Gasteiger partial charge in [-0.2, -0.15) is 17.5 Å². The van der Waals surface area contributed by atoms with Crippen LogP contribution in [0.4, 0.5) is 13.2 Å². The number of hydrogen-bond acceptors (Lipinski definition) is 4. The van der Waals surface area contributed by atoms with E-state index in [0.29, 0.717) is 10.4 Å². The van der Waals surface area contributed by atoms with Gasteiger partial charge < -0.3 is 4.74 Å². The molecular weight excluding hydrogens is 323 g/mol. The highest BCUT2D eigenvalue weighted by atomic mass is 32.2. The van der Waals surface area contributed by atoms with Crippen LogP contribution in [0, 0.1) is 0 Å². The smallest absolute Gasteiger partial charge is 0.417 e. The molecule has 0 unspecified atom stereocenters. The third kappa shape index (κ3) is 4.20. The maximum absolute atomic E-state index is 13.0. The van der Waals surface area contributed by atoms with Gasteiger partial charge in [0.1, 0.15) is 6.54 Å². The van der Waals surface area contributed by atoms with Gasteiger partial charge >= 0.3 is 12.1 Å². The second-order valence-corrected chi connectivity index (χ2v) is 6.14. The molecule has 0 N–H and O–H groups in total. The van der Waals surface area contributed by atoms with E-state index in [1.165, 1.54) is 13.0 Å². The van der Waals surface area contributed by atoms with Gasteiger partial charge in [-0.1, -0.05) is 19.1 Å². The Kier molecular flexibility index (Phi) is 5.95. The summed E-state index contributed by atoms with van der Waals surface area (Å²) in [6.45, 7) is 2.22. The number of esters is 1. The molecule has 0 aliphatic carbocycles. The summed E-state index contributed by atoms with van der Waals surface area (Å²) in [5.41, 5.74) is -1.27. The second-order valence-electron chi connectivity index (χ2n) is 4.23. The van der Waals surface area contributed by atoms with Crippen molar-refractivity contribution in [3.8, 4) is 0 Å². The fourth-order valence-electron chi connectivity index (χ4n) is 1.78. The van der Waals surface area contributed by atoms with Gasteiger partial charge in [0.05, 0.1) is 17.1 Å². The number of carbonyl (C=O) groups is 1. The molecule has 0 heterocycles. The Hall–Kier alpha value is -1.61. The van der Waals surface area contributed by atoms with Crippen molar-refractivity contribution in [2.24, 2.45) is 0 Å². The van der Waals surface area contributed by atoms with Crippen LogP contribution in [0.1, 0.15) is 19.4 Å². The molecule has 0 aliphatic heterocycles. The molecule has 0 amide bonds. The molecule has 1 aromatic rings. The standard InChI is InChI=1S/C13H16F3NO4S/c1-3-17(9-12(18)21-4-2)22(19,20)11-8-6-5-7-10(11)13(14,15)16/h5-8H,3-4,9H2,1-2H3. The first-order chi connectivity index (χ1) is 10.1. The minimum absolute atomic E-state index is 0.0512. The molecule has 0 atom stereocenters. The first-order valence-corrected chi connectivity index (χ1v) is 7.90. The van der Waals surface area contributed by atoms with Crippen molar-refractivity contribution >= 4 is 16.0 Å². The van der Waals surface area contributed by atoms with Crippen molar-refractivity contribution in [3.05, 3.63) is 29.8 Å². The van der Waals surface area contributed by atoms with Gasteiger partial charge in [-0.25, -0.2) is 8.42 Å². The van der Waals surface area contributed by atoms with Gasteiger partial charge in [0, 0.05) is 6.54 Å². The monoisotopic (exact) mass is 339 g/mol. The molecule has 1 aromatic carbocycles. The van der Waals surface area contributed by atoms with Crippen molar-refractivity contribution < 1.29 is 31.1 Å². The largest absolute Gasteiger partial charge is 0.465 e. The topological polar surface area (TPSA) is 63.7 Å². The number of hydrogen-bond donors (Lipinski definition) is 0. The van der Waals surface area contributed by atoms with Gasteiger partial charge in [0.25, 0.3) is 0 Å². The van der Waals surface area contributed by atoms with E-state index in [-0.39, 0.29) is 13.2 Å². The lowest BCUT2D eigenvalue weighted by Crippen LogP contribution is -2.37. The average Bonchev–Trinajstić information content (AvgIpc) is 2.44. The molecule has 0 radical (unpaired) electrons. The summed E-state index contributed by atoms with van der Waals surface area (Å²) >= 11 is 0. The molecule has 124 valence electrons. The van der Waals surface area contributed by atoms with E-state index in [4.69, 9.17) is 0 Å². The van der Waals surface area contributed by atoms with Crippen molar-refractivity contribution in [1.29, 1.82) is 0 Å². The van der Waals surface area contributed by atoms with Crippen molar-refractivity contribution in [2.75, 3.05) is 19.7 Å². The molecule has 0 spiro atoms. The number of likely N-dealkylation sites (N-methyl/N-ethyl adjacent to an activating group) is 1. The highest BCUT2D eigenvalue weighted by Gasteiger charge is 2.38. The van der Waals surface area contributed by atoms with E-state index >= 15 is 0 Å². The van der Waals surface area contributed by atoms with E-state index in [2.05, 4.69) is 4.74 Å². The summed E-state index contributed by atoms with van der Waals surface area (Å²) in [6.07, 6.45) is -4.81. The van der Waals surface area contributed by atoms with Crippen LogP contribution in [0.2, 0.25) is 0 Å². The fourth-order valence-corrected chi connectivity index (χ4v) is 3.39. The highest BCUT2D eigenvalue weighted by Crippen LogP contribution is 2.35. The van der Waals surface area contributed by atoms with Gasteiger partial charge in [-0.15, -0.1) is 0 Å². The van der Waals surface area contributed by atoms with Gasteiger partial charge in [0.15, 0.2) is 0 Å². The van der Waals surface area contributed by atoms with E-state index < -0.39 is 39.2 Å². The SMILES string of the molecule is CCOC(=O)CN(CC)S(=O)(=O)c1ccccc1C(F)(F)F. The Balaban J connectivity index is 3.25. The Bertz CT molecular complexity index is 628. The van der Waals surface area contributed by atoms with Crippen LogP contribution < -0.4 is 0 Å². The van der Waals surface area contributed by atoms with Crippen molar-refractivity contribution in [3.63, 3.8) is 0 Å². The molecule has 0 aliphatic rings. The summed E-state index contributed by atoms with van der Waals surface area (Å²) < 4.78 is 68.9. The van der Waals surface area contributed by atoms with Crippen molar-refractivity contribution in [1.82, 2.24) is 4.31 Å². The van der Waals surface area contributed by atoms with Crippen LogP contribution in [0.5, 0.6) is 0 Å². The molecule has 1 rings (SSSR count). The Morgan fingerprint density at radius 1 is 1.23 bits per heavy atom. The summed E-state index contributed by atoms with van der Waals surface area (Å²) in [6, 6.07) is 3.85. The molecule has 0 fully saturated rings. The van der Waals surface area contributed by atoms with Crippen LogP contribution >= 0.6 is 0 Å². The predicted molar refractivity (Wildman–Crippen MR) is 72.5 cm³/mol. The lowest BCUT2D eigenvalue weighted by molar-refractivity contribution is -0.143. The van der Waals surface area contributed by atoms with Gasteiger partial charge in [0.2, 0.25) is 10.0 Å². The molecule has 0 aromatic heterocycles. The molecule has 22 heavy (non-hydrogen) atoms. The van der Waals surface area contributed by atoms with Crippen LogP contribution in [0.15, 0.2) is 29.2 Å². The number of sulfonamides is 1. The predicted octanol–water partition coefficient (Wildman–Crippen LogP) is 2.28. The number of benzene rings is 1. The van der Waals surface area contributed by atoms with Gasteiger partial charge in [-0.3, -0.25) is 4.79 Å². The van der Waals surface area contributed by atoms with Crippen LogP contribution in [-0.2, 0) is 25.7 Å². The maximum atomic E-state index is 13.0. The fraction of sp³-hybridized carbons (Fsp3) is 0.462. The quantitative estimate of drug-likeness (QED) is 0.746. The summed E-state index contributed by atoms with van der Waals surface area (Å²) in [5.74, 6) is -0.822. The van der Waals surface area contributed by atoms with E-state index in [0.717, 1.165) is 12.1 Å². The lowest BCUT2D eigenvalue weighted by Gasteiger charge is -2.21. The number of nitrogens with zero attached hydrogens (tertiary/aromatic N) is 1. The Labute approximate surface area is 126 Å². The number of rotatable bonds is 6. The molecule has 5 nitrogen and oxygen atoms in total. The zero-order chi connectivity index (χ0) is 17.0. The van der Waals surface area contributed by atoms with E-state index in [1.807, 2.05) is 0 Å². The molecule has 9 heteroatoms. The molecule has 0 saturated heterocycles. The normalized spacial score (nSPS) is 12.5. The minimum Gasteiger partial charge on any atom is -0.465 e. The van der Waals surface area contributed by atoms with Crippen LogP contribution in [-0.4, -0.2) is 38.4 Å². The zero-order valence-corrected chi connectivity index (χ0v) is 12.9. The van der Waals surface area contributed by atoms with Crippen molar-refractivity contribution in [2.45, 2.75) is 24.9 Å². The third-order valence-electron chi connectivity index (χ3n) is 2.77. The zero-order valence-electron chi connectivity index (χ0n) is 12.1. The lowest BCUT2D eigenvalue weighted by atomic mass is 10.2. The summed E-state index contributed by atoms with van der Waals surface area (Å²) in [4.78, 5) is 10.5.